The van der Waals surface area contributed by atoms with E-state index >= 15 is 0 Å². The van der Waals surface area contributed by atoms with Crippen LogP contribution in [0, 0.1) is 0 Å². The van der Waals surface area contributed by atoms with Crippen LogP contribution < -0.4 is 5.46 Å². The van der Waals surface area contributed by atoms with E-state index in [2.05, 4.69) is 157 Å². The first-order valence-electron chi connectivity index (χ1n) is 14.9. The molecule has 5 aromatic carbocycles. The van der Waals surface area contributed by atoms with E-state index in [1.165, 1.54) is 55.6 Å². The van der Waals surface area contributed by atoms with Crippen LogP contribution in [-0.4, -0.2) is 18.3 Å². The Labute approximate surface area is 250 Å². The molecular formula is C39H37BO2. The van der Waals surface area contributed by atoms with Crippen LogP contribution in [0.3, 0.4) is 0 Å². The third-order valence-electron chi connectivity index (χ3n) is 9.71. The molecule has 1 aliphatic carbocycles. The number of fused-ring (bicyclic) bond motifs is 3. The zero-order valence-electron chi connectivity index (χ0n) is 25.4. The molecule has 0 aromatic heterocycles. The van der Waals surface area contributed by atoms with Gasteiger partial charge >= 0.3 is 7.12 Å². The molecule has 0 spiro atoms. The number of hydrogen-bond acceptors (Lipinski definition) is 2. The highest BCUT2D eigenvalue weighted by Gasteiger charge is 2.52. The Morgan fingerprint density at radius 3 is 1.40 bits per heavy atom. The fourth-order valence-electron chi connectivity index (χ4n) is 6.45. The van der Waals surface area contributed by atoms with Gasteiger partial charge in [-0.15, -0.1) is 0 Å². The quantitative estimate of drug-likeness (QED) is 0.208. The second kappa shape index (κ2) is 9.56. The van der Waals surface area contributed by atoms with Gasteiger partial charge in [0.1, 0.15) is 0 Å². The zero-order valence-corrected chi connectivity index (χ0v) is 25.4. The maximum Gasteiger partial charge on any atom is 0.494 e. The van der Waals surface area contributed by atoms with E-state index in [-0.39, 0.29) is 23.7 Å². The molecule has 3 heteroatoms. The Morgan fingerprint density at radius 2 is 0.881 bits per heavy atom. The predicted molar refractivity (Wildman–Crippen MR) is 176 cm³/mol. The first-order valence-corrected chi connectivity index (χ1v) is 14.9. The maximum absolute atomic E-state index is 6.41. The van der Waals surface area contributed by atoms with Crippen molar-refractivity contribution in [3.63, 3.8) is 0 Å². The lowest BCUT2D eigenvalue weighted by Crippen LogP contribution is -2.41. The second-order valence-corrected chi connectivity index (χ2v) is 13.3. The molecule has 7 rings (SSSR count). The van der Waals surface area contributed by atoms with Gasteiger partial charge in [0.25, 0.3) is 0 Å². The summed E-state index contributed by atoms with van der Waals surface area (Å²) < 4.78 is 12.8. The van der Waals surface area contributed by atoms with Crippen LogP contribution in [0.1, 0.15) is 52.7 Å². The summed E-state index contributed by atoms with van der Waals surface area (Å²) in [4.78, 5) is 0. The molecule has 0 amide bonds. The van der Waals surface area contributed by atoms with Crippen molar-refractivity contribution >= 4 is 12.6 Å². The second-order valence-electron chi connectivity index (χ2n) is 13.3. The van der Waals surface area contributed by atoms with Gasteiger partial charge in [-0.25, -0.2) is 0 Å². The average molecular weight is 549 g/mol. The van der Waals surface area contributed by atoms with Gasteiger partial charge in [0.15, 0.2) is 0 Å². The first-order chi connectivity index (χ1) is 20.0. The molecule has 1 heterocycles. The van der Waals surface area contributed by atoms with E-state index in [0.29, 0.717) is 0 Å². The fraction of sp³-hybridized carbons (Fsp3) is 0.231. The summed E-state index contributed by atoms with van der Waals surface area (Å²) in [5.74, 6) is 0. The molecule has 0 unspecified atom stereocenters. The minimum absolute atomic E-state index is 0.153. The Hall–Kier alpha value is -3.92. The summed E-state index contributed by atoms with van der Waals surface area (Å²) in [6.45, 7) is 13.1. The highest BCUT2D eigenvalue weighted by molar-refractivity contribution is 6.62. The predicted octanol–water partition coefficient (Wildman–Crippen LogP) is 9.29. The van der Waals surface area contributed by atoms with Crippen LogP contribution in [-0.2, 0) is 14.7 Å². The van der Waals surface area contributed by atoms with Crippen molar-refractivity contribution in [3.05, 3.63) is 126 Å². The standard InChI is InChI=1S/C39H37BO2/c1-37(2)35-24-28(31-22-29(26-13-9-7-10-14-26)21-30(23-31)27-15-11-8-12-16-27)17-19-33(35)34-20-18-32(25-36(34)37)40-41-38(3,4)39(5,6)42-40/h7-25H,1-6H3. The third-order valence-corrected chi connectivity index (χ3v) is 9.71. The summed E-state index contributed by atoms with van der Waals surface area (Å²) in [5, 5.41) is 0. The van der Waals surface area contributed by atoms with Crippen LogP contribution in [0.15, 0.2) is 115 Å². The Balaban J connectivity index is 1.30. The van der Waals surface area contributed by atoms with Gasteiger partial charge in [0, 0.05) is 5.41 Å². The smallest absolute Gasteiger partial charge is 0.399 e. The van der Waals surface area contributed by atoms with Gasteiger partial charge < -0.3 is 9.31 Å². The van der Waals surface area contributed by atoms with Crippen molar-refractivity contribution in [2.75, 3.05) is 0 Å². The normalized spacial score (nSPS) is 17.6. The van der Waals surface area contributed by atoms with Crippen LogP contribution in [0.2, 0.25) is 0 Å². The number of rotatable bonds is 4. The number of benzene rings is 5. The largest absolute Gasteiger partial charge is 0.494 e. The van der Waals surface area contributed by atoms with Gasteiger partial charge in [-0.2, -0.15) is 0 Å². The molecule has 0 atom stereocenters. The van der Waals surface area contributed by atoms with E-state index in [1.54, 1.807) is 0 Å². The van der Waals surface area contributed by atoms with Crippen molar-refractivity contribution in [2.24, 2.45) is 0 Å². The van der Waals surface area contributed by atoms with E-state index in [1.807, 2.05) is 0 Å². The van der Waals surface area contributed by atoms with Gasteiger partial charge in [0.05, 0.1) is 11.2 Å². The summed E-state index contributed by atoms with van der Waals surface area (Å²) >= 11 is 0. The van der Waals surface area contributed by atoms with E-state index < -0.39 is 0 Å². The molecule has 0 saturated carbocycles. The lowest BCUT2D eigenvalue weighted by Gasteiger charge is -2.32. The lowest BCUT2D eigenvalue weighted by atomic mass is 9.74. The average Bonchev–Trinajstić information content (AvgIpc) is 3.36. The molecule has 208 valence electrons. The van der Waals surface area contributed by atoms with Crippen LogP contribution >= 0.6 is 0 Å². The molecule has 42 heavy (non-hydrogen) atoms. The van der Waals surface area contributed by atoms with Gasteiger partial charge in [0.2, 0.25) is 0 Å². The Morgan fingerprint density at radius 1 is 0.429 bits per heavy atom. The van der Waals surface area contributed by atoms with Crippen molar-refractivity contribution in [2.45, 2.75) is 58.2 Å². The molecule has 1 aliphatic heterocycles. The highest BCUT2D eigenvalue weighted by atomic mass is 16.7. The van der Waals surface area contributed by atoms with Crippen molar-refractivity contribution in [3.8, 4) is 44.5 Å². The van der Waals surface area contributed by atoms with Crippen LogP contribution in [0.4, 0.5) is 0 Å². The van der Waals surface area contributed by atoms with E-state index in [4.69, 9.17) is 9.31 Å². The molecule has 1 fully saturated rings. The zero-order chi connectivity index (χ0) is 29.3. The highest BCUT2D eigenvalue weighted by Crippen LogP contribution is 2.50. The topological polar surface area (TPSA) is 18.5 Å². The molecule has 2 nitrogen and oxygen atoms in total. The molecule has 5 aromatic rings. The monoisotopic (exact) mass is 548 g/mol. The minimum Gasteiger partial charge on any atom is -0.399 e. The van der Waals surface area contributed by atoms with Gasteiger partial charge in [-0.3, -0.25) is 0 Å². The number of hydrogen-bond donors (Lipinski definition) is 0. The minimum atomic E-state index is -0.368. The third kappa shape index (κ3) is 4.35. The maximum atomic E-state index is 6.41. The molecule has 2 aliphatic rings. The summed E-state index contributed by atoms with van der Waals surface area (Å²) in [6, 6.07) is 42.0. The summed E-state index contributed by atoms with van der Waals surface area (Å²) in [7, 11) is -0.368. The molecule has 0 bridgehead atoms. The van der Waals surface area contributed by atoms with E-state index in [9.17, 15) is 0 Å². The molecule has 0 radical (unpaired) electrons. The van der Waals surface area contributed by atoms with Gasteiger partial charge in [-0.1, -0.05) is 105 Å². The van der Waals surface area contributed by atoms with Gasteiger partial charge in [-0.05, 0) is 113 Å². The van der Waals surface area contributed by atoms with Crippen molar-refractivity contribution in [1.29, 1.82) is 0 Å². The summed E-state index contributed by atoms with van der Waals surface area (Å²) in [6.07, 6.45) is 0. The lowest BCUT2D eigenvalue weighted by molar-refractivity contribution is 0.00578. The summed E-state index contributed by atoms with van der Waals surface area (Å²) in [5.41, 5.74) is 12.8. The van der Waals surface area contributed by atoms with Crippen LogP contribution in [0.25, 0.3) is 44.5 Å². The van der Waals surface area contributed by atoms with Crippen molar-refractivity contribution < 1.29 is 9.31 Å². The van der Waals surface area contributed by atoms with Crippen molar-refractivity contribution in [1.82, 2.24) is 0 Å². The van der Waals surface area contributed by atoms with E-state index in [0.717, 1.165) is 5.46 Å². The fourth-order valence-corrected chi connectivity index (χ4v) is 6.45. The first kappa shape index (κ1) is 27.0. The van der Waals surface area contributed by atoms with Crippen LogP contribution in [0.5, 0.6) is 0 Å². The molecular weight excluding hydrogens is 511 g/mol. The Kier molecular flexibility index (Phi) is 6.13. The Bertz CT molecular complexity index is 1730. The molecule has 1 saturated heterocycles. The SMILES string of the molecule is CC1(C)c2cc(B3OC(C)(C)C(C)(C)O3)ccc2-c2ccc(-c3cc(-c4ccccc4)cc(-c4ccccc4)c3)cc21. The molecule has 0 N–H and O–H groups in total.